The maximum Gasteiger partial charge on any atom is 0.0678 e. The van der Waals surface area contributed by atoms with Crippen molar-refractivity contribution in [3.05, 3.63) is 11.8 Å². The van der Waals surface area contributed by atoms with Crippen LogP contribution in [0.15, 0.2) is 11.8 Å². The Bertz CT molecular complexity index is 115. The van der Waals surface area contributed by atoms with Crippen molar-refractivity contribution in [3.63, 3.8) is 0 Å². The van der Waals surface area contributed by atoms with E-state index in [2.05, 4.69) is 26.2 Å². The Kier molecular flexibility index (Phi) is 2.85. The minimum Gasteiger partial charge on any atom is -0.327 e. The third-order valence-electron chi connectivity index (χ3n) is 1.46. The molecule has 0 spiro atoms. The maximum atomic E-state index is 5.89. The van der Waals surface area contributed by atoms with Crippen molar-refractivity contribution >= 4 is 18.3 Å². The van der Waals surface area contributed by atoms with Gasteiger partial charge < -0.3 is 5.73 Å². The SMILES string of the molecule is C=C([SiH3])C(N)[Si](C)(C)C. The topological polar surface area (TPSA) is 26.0 Å². The summed E-state index contributed by atoms with van der Waals surface area (Å²) in [5.41, 5.74) is 6.21. The fourth-order valence-electron chi connectivity index (χ4n) is 0.739. The Morgan fingerprint density at radius 2 is 1.89 bits per heavy atom. The third kappa shape index (κ3) is 2.98. The zero-order valence-corrected chi connectivity index (χ0v) is 9.86. The molecule has 0 fully saturated rings. The van der Waals surface area contributed by atoms with E-state index in [4.69, 9.17) is 5.73 Å². The fourth-order valence-corrected chi connectivity index (χ4v) is 4.82. The molecule has 0 aromatic carbocycles. The van der Waals surface area contributed by atoms with Gasteiger partial charge in [-0.25, -0.2) is 0 Å². The van der Waals surface area contributed by atoms with E-state index in [0.29, 0.717) is 5.67 Å². The van der Waals surface area contributed by atoms with E-state index >= 15 is 0 Å². The fraction of sp³-hybridized carbons (Fsp3) is 0.667. The first-order chi connectivity index (χ1) is 3.85. The van der Waals surface area contributed by atoms with Gasteiger partial charge in [0.2, 0.25) is 0 Å². The molecular weight excluding hydrogens is 142 g/mol. The molecule has 1 unspecified atom stereocenters. The first-order valence-electron chi connectivity index (χ1n) is 3.26. The van der Waals surface area contributed by atoms with Crippen molar-refractivity contribution in [1.29, 1.82) is 0 Å². The van der Waals surface area contributed by atoms with Crippen LogP contribution in [0.3, 0.4) is 0 Å². The first kappa shape index (κ1) is 9.13. The molecule has 1 nitrogen and oxygen atoms in total. The van der Waals surface area contributed by atoms with Crippen molar-refractivity contribution in [2.75, 3.05) is 0 Å². The van der Waals surface area contributed by atoms with Gasteiger partial charge in [-0.1, -0.05) is 24.8 Å². The van der Waals surface area contributed by atoms with Crippen LogP contribution in [0.5, 0.6) is 0 Å². The second kappa shape index (κ2) is 2.81. The monoisotopic (exact) mass is 159 g/mol. The Balaban J connectivity index is 4.04. The van der Waals surface area contributed by atoms with Crippen LogP contribution in [0.2, 0.25) is 19.6 Å². The Hall–Kier alpha value is 0.134. The Morgan fingerprint density at radius 3 is 1.89 bits per heavy atom. The van der Waals surface area contributed by atoms with Crippen LogP contribution in [0.25, 0.3) is 0 Å². The Morgan fingerprint density at radius 1 is 1.56 bits per heavy atom. The van der Waals surface area contributed by atoms with Gasteiger partial charge in [0.25, 0.3) is 0 Å². The lowest BCUT2D eigenvalue weighted by Crippen LogP contribution is -2.46. The van der Waals surface area contributed by atoms with Crippen molar-refractivity contribution < 1.29 is 0 Å². The van der Waals surface area contributed by atoms with Gasteiger partial charge in [-0.15, -0.1) is 6.58 Å². The van der Waals surface area contributed by atoms with E-state index in [-0.39, 0.29) is 0 Å². The lowest BCUT2D eigenvalue weighted by Gasteiger charge is -2.25. The summed E-state index contributed by atoms with van der Waals surface area (Å²) >= 11 is 0. The average Bonchev–Trinajstić information content (AvgIpc) is 1.62. The summed E-state index contributed by atoms with van der Waals surface area (Å²) < 4.78 is 0. The lowest BCUT2D eigenvalue weighted by molar-refractivity contribution is 1.06. The number of hydrogen-bond donors (Lipinski definition) is 1. The number of nitrogens with two attached hydrogens (primary N) is 1. The Labute approximate surface area is 61.8 Å². The van der Waals surface area contributed by atoms with E-state index in [1.807, 2.05) is 0 Å². The molecule has 0 aliphatic heterocycles. The second-order valence-electron chi connectivity index (χ2n) is 3.69. The van der Waals surface area contributed by atoms with Crippen LogP contribution < -0.4 is 5.73 Å². The molecule has 0 aromatic rings. The van der Waals surface area contributed by atoms with Crippen LogP contribution in [0.1, 0.15) is 0 Å². The van der Waals surface area contributed by atoms with Gasteiger partial charge in [0.05, 0.1) is 8.07 Å². The van der Waals surface area contributed by atoms with Gasteiger partial charge >= 0.3 is 0 Å². The van der Waals surface area contributed by atoms with Crippen molar-refractivity contribution in [2.45, 2.75) is 25.3 Å². The molecule has 0 saturated heterocycles. The zero-order chi connectivity index (χ0) is 7.65. The van der Waals surface area contributed by atoms with Crippen molar-refractivity contribution in [2.24, 2.45) is 5.73 Å². The number of hydrogen-bond acceptors (Lipinski definition) is 1. The summed E-state index contributed by atoms with van der Waals surface area (Å²) in [4.78, 5) is 0. The summed E-state index contributed by atoms with van der Waals surface area (Å²) in [5, 5.41) is 1.26. The van der Waals surface area contributed by atoms with Crippen molar-refractivity contribution in [3.8, 4) is 0 Å². The van der Waals surface area contributed by atoms with Gasteiger partial charge in [-0.2, -0.15) is 0 Å². The molecule has 0 radical (unpaired) electrons. The van der Waals surface area contributed by atoms with Crippen LogP contribution in [0.4, 0.5) is 0 Å². The smallest absolute Gasteiger partial charge is 0.0678 e. The first-order valence-corrected chi connectivity index (χ1v) is 7.84. The predicted octanol–water partition coefficient (Wildman–Crippen LogP) is 0.0702. The minimum atomic E-state index is -1.11. The van der Waals surface area contributed by atoms with Gasteiger partial charge in [-0.05, 0) is 0 Å². The van der Waals surface area contributed by atoms with Crippen LogP contribution >= 0.6 is 0 Å². The van der Waals surface area contributed by atoms with Crippen LogP contribution in [0, 0.1) is 0 Å². The van der Waals surface area contributed by atoms with Gasteiger partial charge in [-0.3, -0.25) is 0 Å². The van der Waals surface area contributed by atoms with E-state index in [1.165, 1.54) is 5.20 Å². The van der Waals surface area contributed by atoms with Gasteiger partial charge in [0, 0.05) is 15.9 Å². The van der Waals surface area contributed by atoms with E-state index in [9.17, 15) is 0 Å². The van der Waals surface area contributed by atoms with E-state index in [1.54, 1.807) is 0 Å². The molecule has 3 heteroatoms. The molecule has 0 heterocycles. The highest BCUT2D eigenvalue weighted by Gasteiger charge is 2.22. The molecule has 0 rings (SSSR count). The predicted molar refractivity (Wildman–Crippen MR) is 50.4 cm³/mol. The van der Waals surface area contributed by atoms with E-state index < -0.39 is 8.07 Å². The molecule has 9 heavy (non-hydrogen) atoms. The number of rotatable bonds is 2. The minimum absolute atomic E-state index is 0.323. The molecular formula is C6H17NSi2. The average molecular weight is 159 g/mol. The quantitative estimate of drug-likeness (QED) is 0.567. The molecule has 0 aliphatic carbocycles. The summed E-state index contributed by atoms with van der Waals surface area (Å²) in [6, 6.07) is 0. The normalized spacial score (nSPS) is 15.6. The summed E-state index contributed by atoms with van der Waals surface area (Å²) in [5.74, 6) is 0. The van der Waals surface area contributed by atoms with Crippen LogP contribution in [-0.2, 0) is 0 Å². The van der Waals surface area contributed by atoms with Gasteiger partial charge in [0.1, 0.15) is 0 Å². The molecule has 0 aromatic heterocycles. The highest BCUT2D eigenvalue weighted by Crippen LogP contribution is 2.09. The highest BCUT2D eigenvalue weighted by molar-refractivity contribution is 6.79. The molecule has 54 valence electrons. The van der Waals surface area contributed by atoms with Gasteiger partial charge in [0.15, 0.2) is 0 Å². The highest BCUT2D eigenvalue weighted by atomic mass is 28.3. The molecule has 0 amide bonds. The second-order valence-corrected chi connectivity index (χ2v) is 10.3. The summed E-state index contributed by atoms with van der Waals surface area (Å²) in [6.07, 6.45) is 0. The molecule has 1 atom stereocenters. The third-order valence-corrected chi connectivity index (χ3v) is 5.02. The lowest BCUT2D eigenvalue weighted by atomic mass is 10.6. The molecule has 2 N–H and O–H groups in total. The molecule has 0 bridgehead atoms. The largest absolute Gasteiger partial charge is 0.327 e. The standard InChI is InChI=1S/C6H17NSi2/c1-5(8)6(7)9(2,3)4/h6H,1,7H2,2-4,8H3. The zero-order valence-electron chi connectivity index (χ0n) is 6.86. The molecule has 0 aliphatic rings. The van der Waals surface area contributed by atoms with Crippen molar-refractivity contribution in [1.82, 2.24) is 0 Å². The summed E-state index contributed by atoms with van der Waals surface area (Å²) in [7, 11) is -0.0618. The maximum absolute atomic E-state index is 5.89. The summed E-state index contributed by atoms with van der Waals surface area (Å²) in [6.45, 7) is 10.7. The molecule has 0 saturated carbocycles. The van der Waals surface area contributed by atoms with E-state index in [0.717, 1.165) is 10.2 Å². The van der Waals surface area contributed by atoms with Crippen LogP contribution in [-0.4, -0.2) is 24.0 Å².